The zero-order valence-electron chi connectivity index (χ0n) is 11.3. The van der Waals surface area contributed by atoms with Crippen molar-refractivity contribution in [3.05, 3.63) is 40.9 Å². The van der Waals surface area contributed by atoms with Crippen molar-refractivity contribution in [1.29, 1.82) is 0 Å². The number of halogens is 1. The molecule has 0 aliphatic heterocycles. The first-order valence-corrected chi connectivity index (χ1v) is 6.74. The highest BCUT2D eigenvalue weighted by Crippen LogP contribution is 2.29. The average Bonchev–Trinajstić information content (AvgIpc) is 2.30. The van der Waals surface area contributed by atoms with E-state index >= 15 is 0 Å². The maximum Gasteiger partial charge on any atom is 0.140 e. The Morgan fingerprint density at radius 2 is 2.11 bits per heavy atom. The molecule has 1 aromatic carbocycles. The minimum Gasteiger partial charge on any atom is -0.492 e. The molecule has 0 atom stereocenters. The van der Waals surface area contributed by atoms with Crippen LogP contribution < -0.4 is 10.1 Å². The van der Waals surface area contributed by atoms with E-state index in [1.54, 1.807) is 0 Å². The number of hydrogen-bond acceptors (Lipinski definition) is 2. The smallest absolute Gasteiger partial charge is 0.140 e. The number of aryl methyl sites for hydroxylation is 2. The zero-order valence-corrected chi connectivity index (χ0v) is 12.0. The molecule has 18 heavy (non-hydrogen) atoms. The van der Waals surface area contributed by atoms with Gasteiger partial charge in [-0.15, -0.1) is 6.58 Å². The maximum absolute atomic E-state index is 6.17. The fraction of sp³-hybridized carbons (Fsp3) is 0.467. The van der Waals surface area contributed by atoms with Gasteiger partial charge in [-0.3, -0.25) is 0 Å². The van der Waals surface area contributed by atoms with Crippen molar-refractivity contribution in [2.75, 3.05) is 19.7 Å². The fourth-order valence-corrected chi connectivity index (χ4v) is 2.19. The van der Waals surface area contributed by atoms with Gasteiger partial charge in [0.25, 0.3) is 0 Å². The Labute approximate surface area is 115 Å². The van der Waals surface area contributed by atoms with Crippen molar-refractivity contribution in [3.8, 4) is 5.75 Å². The molecule has 0 spiro atoms. The van der Waals surface area contributed by atoms with E-state index in [1.165, 1.54) is 5.56 Å². The number of unbranched alkanes of at least 4 members (excludes halogenated alkanes) is 1. The van der Waals surface area contributed by atoms with Crippen LogP contribution in [0.15, 0.2) is 24.8 Å². The van der Waals surface area contributed by atoms with E-state index in [9.17, 15) is 0 Å². The van der Waals surface area contributed by atoms with Crippen molar-refractivity contribution in [2.45, 2.75) is 26.7 Å². The summed E-state index contributed by atoms with van der Waals surface area (Å²) < 4.78 is 5.75. The molecule has 0 aromatic heterocycles. The van der Waals surface area contributed by atoms with Gasteiger partial charge in [0, 0.05) is 6.54 Å². The van der Waals surface area contributed by atoms with Crippen molar-refractivity contribution in [1.82, 2.24) is 5.32 Å². The molecule has 0 saturated heterocycles. The second-order valence-corrected chi connectivity index (χ2v) is 4.85. The largest absolute Gasteiger partial charge is 0.492 e. The van der Waals surface area contributed by atoms with E-state index in [2.05, 4.69) is 18.0 Å². The van der Waals surface area contributed by atoms with Gasteiger partial charge in [0.1, 0.15) is 5.75 Å². The lowest BCUT2D eigenvalue weighted by Crippen LogP contribution is -2.15. The van der Waals surface area contributed by atoms with Crippen LogP contribution in [0.1, 0.15) is 24.0 Å². The van der Waals surface area contributed by atoms with Gasteiger partial charge >= 0.3 is 0 Å². The average molecular weight is 268 g/mol. The summed E-state index contributed by atoms with van der Waals surface area (Å²) >= 11 is 6.17. The number of ether oxygens (including phenoxy) is 1. The van der Waals surface area contributed by atoms with Crippen LogP contribution in [0, 0.1) is 13.8 Å². The first-order valence-electron chi connectivity index (χ1n) is 6.36. The SMILES string of the molecule is C=CCNCCCCOc1c(C)cc(C)cc1Cl. The van der Waals surface area contributed by atoms with Gasteiger partial charge in [-0.2, -0.15) is 0 Å². The summed E-state index contributed by atoms with van der Waals surface area (Å²) in [5, 5.41) is 3.97. The van der Waals surface area contributed by atoms with Gasteiger partial charge in [-0.1, -0.05) is 23.7 Å². The molecule has 0 radical (unpaired) electrons. The molecule has 0 aliphatic rings. The first-order chi connectivity index (χ1) is 8.65. The lowest BCUT2D eigenvalue weighted by Gasteiger charge is -2.12. The van der Waals surface area contributed by atoms with E-state index in [0.717, 1.165) is 37.2 Å². The molecule has 0 amide bonds. The Bertz CT molecular complexity index is 367. The van der Waals surface area contributed by atoms with Crippen molar-refractivity contribution < 1.29 is 4.74 Å². The van der Waals surface area contributed by atoms with Crippen LogP contribution in [0.2, 0.25) is 5.02 Å². The third-order valence-electron chi connectivity index (χ3n) is 2.66. The third kappa shape index (κ3) is 5.11. The Kier molecular flexibility index (Phi) is 6.84. The van der Waals surface area contributed by atoms with Gasteiger partial charge in [-0.05, 0) is 50.4 Å². The third-order valence-corrected chi connectivity index (χ3v) is 2.94. The minimum atomic E-state index is 0.706. The molecule has 2 nitrogen and oxygen atoms in total. The van der Waals surface area contributed by atoms with E-state index in [4.69, 9.17) is 16.3 Å². The van der Waals surface area contributed by atoms with Crippen LogP contribution in [0.4, 0.5) is 0 Å². The predicted octanol–water partition coefficient (Wildman–Crippen LogP) is 3.89. The molecule has 0 unspecified atom stereocenters. The minimum absolute atomic E-state index is 0.706. The zero-order chi connectivity index (χ0) is 13.4. The highest BCUT2D eigenvalue weighted by Gasteiger charge is 2.06. The number of nitrogens with one attached hydrogen (secondary N) is 1. The van der Waals surface area contributed by atoms with Crippen LogP contribution in [-0.2, 0) is 0 Å². The van der Waals surface area contributed by atoms with Crippen LogP contribution >= 0.6 is 11.6 Å². The Morgan fingerprint density at radius 3 is 2.78 bits per heavy atom. The topological polar surface area (TPSA) is 21.3 Å². The van der Waals surface area contributed by atoms with Gasteiger partial charge in [-0.25, -0.2) is 0 Å². The quantitative estimate of drug-likeness (QED) is 0.570. The normalized spacial score (nSPS) is 10.4. The fourth-order valence-electron chi connectivity index (χ4n) is 1.82. The Balaban J connectivity index is 2.29. The van der Waals surface area contributed by atoms with E-state index < -0.39 is 0 Å². The first kappa shape index (κ1) is 15.1. The summed E-state index contributed by atoms with van der Waals surface area (Å²) in [7, 11) is 0. The van der Waals surface area contributed by atoms with Crippen molar-refractivity contribution in [2.24, 2.45) is 0 Å². The molecule has 100 valence electrons. The van der Waals surface area contributed by atoms with Crippen molar-refractivity contribution in [3.63, 3.8) is 0 Å². The van der Waals surface area contributed by atoms with E-state index in [0.29, 0.717) is 11.6 Å². The van der Waals surface area contributed by atoms with Crippen LogP contribution in [0.5, 0.6) is 5.75 Å². The van der Waals surface area contributed by atoms with Crippen LogP contribution in [0.25, 0.3) is 0 Å². The monoisotopic (exact) mass is 267 g/mol. The molecule has 1 N–H and O–H groups in total. The second-order valence-electron chi connectivity index (χ2n) is 4.44. The van der Waals surface area contributed by atoms with Crippen LogP contribution in [0.3, 0.4) is 0 Å². The second kappa shape index (κ2) is 8.17. The molecule has 0 heterocycles. The standard InChI is InChI=1S/C15H22ClNO/c1-4-7-17-8-5-6-9-18-15-13(3)10-12(2)11-14(15)16/h4,10-11,17H,1,5-9H2,2-3H3. The van der Waals surface area contributed by atoms with Crippen LogP contribution in [-0.4, -0.2) is 19.7 Å². The molecule has 0 saturated carbocycles. The number of rotatable bonds is 8. The maximum atomic E-state index is 6.17. The van der Waals surface area contributed by atoms with Gasteiger partial charge in [0.15, 0.2) is 0 Å². The lowest BCUT2D eigenvalue weighted by molar-refractivity contribution is 0.304. The highest BCUT2D eigenvalue weighted by molar-refractivity contribution is 6.32. The predicted molar refractivity (Wildman–Crippen MR) is 78.7 cm³/mol. The summed E-state index contributed by atoms with van der Waals surface area (Å²) in [5.41, 5.74) is 2.27. The summed E-state index contributed by atoms with van der Waals surface area (Å²) in [6.07, 6.45) is 3.98. The summed E-state index contributed by atoms with van der Waals surface area (Å²) in [6.45, 7) is 10.3. The Morgan fingerprint density at radius 1 is 1.33 bits per heavy atom. The van der Waals surface area contributed by atoms with Gasteiger partial charge in [0.05, 0.1) is 11.6 Å². The highest BCUT2D eigenvalue weighted by atomic mass is 35.5. The van der Waals surface area contributed by atoms with Gasteiger partial charge in [0.2, 0.25) is 0 Å². The number of benzene rings is 1. The molecular formula is C15H22ClNO. The Hall–Kier alpha value is -0.990. The lowest BCUT2D eigenvalue weighted by atomic mass is 10.1. The molecule has 0 fully saturated rings. The van der Waals surface area contributed by atoms with E-state index in [-0.39, 0.29) is 0 Å². The van der Waals surface area contributed by atoms with Crippen molar-refractivity contribution >= 4 is 11.6 Å². The van der Waals surface area contributed by atoms with E-state index in [1.807, 2.05) is 26.0 Å². The number of hydrogen-bond donors (Lipinski definition) is 1. The molecule has 1 aromatic rings. The summed E-state index contributed by atoms with van der Waals surface area (Å²) in [5.74, 6) is 0.821. The molecular weight excluding hydrogens is 246 g/mol. The molecule has 0 bridgehead atoms. The summed E-state index contributed by atoms with van der Waals surface area (Å²) in [6, 6.07) is 4.03. The molecule has 0 aliphatic carbocycles. The molecule has 3 heteroatoms. The summed E-state index contributed by atoms with van der Waals surface area (Å²) in [4.78, 5) is 0. The molecule has 1 rings (SSSR count). The van der Waals surface area contributed by atoms with Gasteiger partial charge < -0.3 is 10.1 Å².